The average molecular weight is 463 g/mol. The fraction of sp³-hybridized carbons (Fsp3) is 0.565. The molecule has 0 N–H and O–H groups in total. The predicted molar refractivity (Wildman–Crippen MR) is 114 cm³/mol. The Morgan fingerprint density at radius 3 is 2.12 bits per heavy atom. The second-order valence-electron chi connectivity index (χ2n) is 8.17. The molecule has 1 fully saturated rings. The molecule has 0 amide bonds. The molecule has 5 atom stereocenters. The smallest absolute Gasteiger partial charge is 0.303 e. The standard InChI is InChI=1S/C23H29NO9/c1-12-6-7-17-8-9-24(18(17)10-12)23-22(32-16(5)28)21(31-15(4)27)20(30-14(3)26)19(33-23)11-29-13(2)25/h6-7,10,19-23H,8-9,11H2,1-5H3/t19-,20-,21+,22-,23-/m1/s1. The first-order chi connectivity index (χ1) is 15.6. The van der Waals surface area contributed by atoms with Gasteiger partial charge in [-0.05, 0) is 30.5 Å². The van der Waals surface area contributed by atoms with E-state index in [0.717, 1.165) is 23.2 Å². The van der Waals surface area contributed by atoms with E-state index in [-0.39, 0.29) is 6.61 Å². The average Bonchev–Trinajstić information content (AvgIpc) is 3.11. The summed E-state index contributed by atoms with van der Waals surface area (Å²) in [5, 5.41) is 0. The number of nitrogens with zero attached hydrogens (tertiary/aromatic N) is 1. The number of hydrogen-bond donors (Lipinski definition) is 0. The highest BCUT2D eigenvalue weighted by atomic mass is 16.7. The second kappa shape index (κ2) is 10.2. The molecule has 33 heavy (non-hydrogen) atoms. The minimum Gasteiger partial charge on any atom is -0.463 e. The van der Waals surface area contributed by atoms with Gasteiger partial charge in [-0.1, -0.05) is 12.1 Å². The zero-order chi connectivity index (χ0) is 24.3. The Morgan fingerprint density at radius 2 is 1.52 bits per heavy atom. The molecule has 0 unspecified atom stereocenters. The molecule has 1 aromatic rings. The minimum atomic E-state index is -1.18. The molecule has 0 bridgehead atoms. The van der Waals surface area contributed by atoms with Gasteiger partial charge in [0.2, 0.25) is 0 Å². The van der Waals surface area contributed by atoms with Crippen molar-refractivity contribution in [2.75, 3.05) is 18.1 Å². The van der Waals surface area contributed by atoms with Crippen molar-refractivity contribution < 1.29 is 42.9 Å². The van der Waals surface area contributed by atoms with Crippen molar-refractivity contribution in [2.24, 2.45) is 0 Å². The van der Waals surface area contributed by atoms with E-state index in [1.807, 2.05) is 30.0 Å². The summed E-state index contributed by atoms with van der Waals surface area (Å²) in [6, 6.07) is 6.03. The van der Waals surface area contributed by atoms with Crippen LogP contribution in [0.5, 0.6) is 0 Å². The summed E-state index contributed by atoms with van der Waals surface area (Å²) in [6.45, 7) is 7.15. The molecular weight excluding hydrogens is 434 g/mol. The zero-order valence-electron chi connectivity index (χ0n) is 19.4. The normalized spacial score (nSPS) is 26.2. The van der Waals surface area contributed by atoms with Crippen LogP contribution in [0.15, 0.2) is 18.2 Å². The number of carbonyl (C=O) groups is 4. The quantitative estimate of drug-likeness (QED) is 0.453. The Morgan fingerprint density at radius 1 is 0.909 bits per heavy atom. The molecule has 180 valence electrons. The summed E-state index contributed by atoms with van der Waals surface area (Å²) in [6.07, 6.45) is -4.55. The number of rotatable bonds is 6. The molecule has 0 saturated carbocycles. The number of fused-ring (bicyclic) bond motifs is 1. The molecule has 1 saturated heterocycles. The number of hydrogen-bond acceptors (Lipinski definition) is 10. The molecule has 0 aromatic heterocycles. The van der Waals surface area contributed by atoms with E-state index < -0.39 is 54.5 Å². The number of ether oxygens (including phenoxy) is 5. The molecule has 10 heteroatoms. The molecule has 2 aliphatic heterocycles. The highest BCUT2D eigenvalue weighted by Crippen LogP contribution is 2.37. The van der Waals surface area contributed by atoms with E-state index in [2.05, 4.69) is 0 Å². The fourth-order valence-corrected chi connectivity index (χ4v) is 4.23. The Bertz CT molecular complexity index is 931. The van der Waals surface area contributed by atoms with Crippen molar-refractivity contribution in [2.45, 2.75) is 71.7 Å². The third kappa shape index (κ3) is 5.81. The van der Waals surface area contributed by atoms with Gasteiger partial charge >= 0.3 is 23.9 Å². The van der Waals surface area contributed by atoms with Crippen LogP contribution in [0.3, 0.4) is 0 Å². The first kappa shape index (κ1) is 24.5. The van der Waals surface area contributed by atoms with Gasteiger partial charge in [0, 0.05) is 39.9 Å². The maximum Gasteiger partial charge on any atom is 0.303 e. The van der Waals surface area contributed by atoms with Crippen LogP contribution in [0.4, 0.5) is 5.69 Å². The van der Waals surface area contributed by atoms with E-state index >= 15 is 0 Å². The summed E-state index contributed by atoms with van der Waals surface area (Å²) >= 11 is 0. The van der Waals surface area contributed by atoms with E-state index in [1.165, 1.54) is 27.7 Å². The minimum absolute atomic E-state index is 0.247. The summed E-state index contributed by atoms with van der Waals surface area (Å²) in [5.41, 5.74) is 3.02. The van der Waals surface area contributed by atoms with Crippen LogP contribution >= 0.6 is 0 Å². The van der Waals surface area contributed by atoms with Crippen LogP contribution in [0.1, 0.15) is 38.8 Å². The maximum absolute atomic E-state index is 12.0. The van der Waals surface area contributed by atoms with E-state index in [9.17, 15) is 19.2 Å². The van der Waals surface area contributed by atoms with Gasteiger partial charge < -0.3 is 28.6 Å². The van der Waals surface area contributed by atoms with Crippen molar-refractivity contribution in [1.29, 1.82) is 0 Å². The first-order valence-corrected chi connectivity index (χ1v) is 10.7. The highest BCUT2D eigenvalue weighted by Gasteiger charge is 2.54. The van der Waals surface area contributed by atoms with Gasteiger partial charge in [0.25, 0.3) is 0 Å². The molecule has 3 rings (SSSR count). The van der Waals surface area contributed by atoms with Crippen LogP contribution in [-0.4, -0.2) is 67.7 Å². The number of benzene rings is 1. The third-order valence-electron chi connectivity index (χ3n) is 5.45. The van der Waals surface area contributed by atoms with E-state index in [1.54, 1.807) is 0 Å². The zero-order valence-corrected chi connectivity index (χ0v) is 19.4. The van der Waals surface area contributed by atoms with Gasteiger partial charge in [-0.25, -0.2) is 0 Å². The number of anilines is 1. The molecule has 10 nitrogen and oxygen atoms in total. The SMILES string of the molecule is CC(=O)OC[C@H]1O[C@@H](N2CCc3ccc(C)cc32)[C@H](OC(C)=O)[C@@H](OC(C)=O)[C@@H]1OC(C)=O. The van der Waals surface area contributed by atoms with Crippen molar-refractivity contribution >= 4 is 29.6 Å². The largest absolute Gasteiger partial charge is 0.463 e. The number of carbonyl (C=O) groups excluding carboxylic acids is 4. The van der Waals surface area contributed by atoms with Gasteiger partial charge in [0.15, 0.2) is 24.5 Å². The van der Waals surface area contributed by atoms with E-state index in [0.29, 0.717) is 6.54 Å². The Labute approximate surface area is 192 Å². The Hall–Kier alpha value is -3.14. The van der Waals surface area contributed by atoms with Gasteiger partial charge in [0.1, 0.15) is 12.7 Å². The molecule has 2 aliphatic rings. The Kier molecular flexibility index (Phi) is 7.57. The van der Waals surface area contributed by atoms with Crippen molar-refractivity contribution in [3.63, 3.8) is 0 Å². The molecule has 0 radical (unpaired) electrons. The number of esters is 4. The lowest BCUT2D eigenvalue weighted by atomic mass is 9.96. The topological polar surface area (TPSA) is 118 Å². The second-order valence-corrected chi connectivity index (χ2v) is 8.17. The van der Waals surface area contributed by atoms with Gasteiger partial charge in [0.05, 0.1) is 0 Å². The summed E-state index contributed by atoms with van der Waals surface area (Å²) < 4.78 is 27.9. The third-order valence-corrected chi connectivity index (χ3v) is 5.45. The van der Waals surface area contributed by atoms with Crippen LogP contribution < -0.4 is 4.90 Å². The van der Waals surface area contributed by atoms with Crippen molar-refractivity contribution in [3.8, 4) is 0 Å². The lowest BCUT2D eigenvalue weighted by Gasteiger charge is -2.47. The lowest BCUT2D eigenvalue weighted by Crippen LogP contribution is -2.66. The van der Waals surface area contributed by atoms with Crippen molar-refractivity contribution in [3.05, 3.63) is 29.3 Å². The lowest BCUT2D eigenvalue weighted by molar-refractivity contribution is -0.252. The van der Waals surface area contributed by atoms with E-state index in [4.69, 9.17) is 23.7 Å². The van der Waals surface area contributed by atoms with Gasteiger partial charge in [-0.3, -0.25) is 19.2 Å². The van der Waals surface area contributed by atoms with Crippen LogP contribution in [0.25, 0.3) is 0 Å². The first-order valence-electron chi connectivity index (χ1n) is 10.7. The van der Waals surface area contributed by atoms with Crippen LogP contribution in [-0.2, 0) is 49.3 Å². The van der Waals surface area contributed by atoms with Crippen molar-refractivity contribution in [1.82, 2.24) is 0 Å². The number of aryl methyl sites for hydroxylation is 1. The molecule has 2 heterocycles. The molecule has 1 aromatic carbocycles. The fourth-order valence-electron chi connectivity index (χ4n) is 4.23. The molecular formula is C23H29NO9. The predicted octanol–water partition coefficient (Wildman–Crippen LogP) is 1.44. The monoisotopic (exact) mass is 463 g/mol. The summed E-state index contributed by atoms with van der Waals surface area (Å²) in [5.74, 6) is -2.48. The molecule has 0 spiro atoms. The maximum atomic E-state index is 12.0. The van der Waals surface area contributed by atoms with Gasteiger partial charge in [-0.2, -0.15) is 0 Å². The van der Waals surface area contributed by atoms with Crippen LogP contribution in [0.2, 0.25) is 0 Å². The van der Waals surface area contributed by atoms with Crippen LogP contribution in [0, 0.1) is 6.92 Å². The molecule has 0 aliphatic carbocycles. The highest BCUT2D eigenvalue weighted by molar-refractivity contribution is 5.69. The van der Waals surface area contributed by atoms with Gasteiger partial charge in [-0.15, -0.1) is 0 Å². The summed E-state index contributed by atoms with van der Waals surface area (Å²) in [4.78, 5) is 49.2. The summed E-state index contributed by atoms with van der Waals surface area (Å²) in [7, 11) is 0. The Balaban J connectivity index is 2.05.